The maximum Gasteiger partial charge on any atom is 0.129 e. The molecular formula is C17H17BrO3. The van der Waals surface area contributed by atoms with E-state index in [-0.39, 0.29) is 6.10 Å². The van der Waals surface area contributed by atoms with Crippen molar-refractivity contribution in [2.24, 2.45) is 0 Å². The number of benzene rings is 2. The van der Waals surface area contributed by atoms with Gasteiger partial charge in [0.15, 0.2) is 0 Å². The van der Waals surface area contributed by atoms with Crippen molar-refractivity contribution in [2.45, 2.75) is 25.0 Å². The van der Waals surface area contributed by atoms with E-state index < -0.39 is 6.10 Å². The third-order valence-corrected chi connectivity index (χ3v) is 4.27. The summed E-state index contributed by atoms with van der Waals surface area (Å²) in [5, 5.41) is 10.5. The van der Waals surface area contributed by atoms with Gasteiger partial charge in [0, 0.05) is 17.3 Å². The second-order valence-electron chi connectivity index (χ2n) is 5.20. The average molecular weight is 349 g/mol. The molecule has 0 aliphatic carbocycles. The topological polar surface area (TPSA) is 38.7 Å². The number of rotatable bonds is 4. The minimum atomic E-state index is -0.569. The first kappa shape index (κ1) is 14.4. The number of halogens is 1. The number of ether oxygens (including phenoxy) is 2. The van der Waals surface area contributed by atoms with E-state index in [0.717, 1.165) is 33.5 Å². The van der Waals surface area contributed by atoms with E-state index in [0.29, 0.717) is 6.42 Å². The second-order valence-corrected chi connectivity index (χ2v) is 6.11. The highest BCUT2D eigenvalue weighted by Gasteiger charge is 2.29. The van der Waals surface area contributed by atoms with E-state index in [1.807, 2.05) is 42.5 Å². The molecule has 110 valence electrons. The Labute approximate surface area is 132 Å². The fourth-order valence-corrected chi connectivity index (χ4v) is 3.10. The van der Waals surface area contributed by atoms with Gasteiger partial charge in [-0.3, -0.25) is 0 Å². The van der Waals surface area contributed by atoms with Crippen LogP contribution in [0.5, 0.6) is 11.5 Å². The standard InChI is InChI=1S/C17H17BrO3/c1-20-15-7-6-13(18)8-12(15)9-14(19)17-10-11-4-2-3-5-16(11)21-17/h2-8,14,17,19H,9-10H2,1H3. The van der Waals surface area contributed by atoms with Gasteiger partial charge < -0.3 is 14.6 Å². The number of hydrogen-bond donors (Lipinski definition) is 1. The first-order chi connectivity index (χ1) is 10.2. The van der Waals surface area contributed by atoms with Crippen LogP contribution in [0.4, 0.5) is 0 Å². The van der Waals surface area contributed by atoms with Crippen LogP contribution in [0.2, 0.25) is 0 Å². The van der Waals surface area contributed by atoms with E-state index in [4.69, 9.17) is 9.47 Å². The molecule has 1 heterocycles. The first-order valence-electron chi connectivity index (χ1n) is 6.92. The number of aliphatic hydroxyl groups excluding tert-OH is 1. The van der Waals surface area contributed by atoms with Crippen molar-refractivity contribution in [3.05, 3.63) is 58.1 Å². The predicted octanol–water partition coefficient (Wildman–Crippen LogP) is 3.36. The lowest BCUT2D eigenvalue weighted by atomic mass is 10.00. The lowest BCUT2D eigenvalue weighted by molar-refractivity contribution is 0.0499. The summed E-state index contributed by atoms with van der Waals surface area (Å²) in [6.07, 6.45) is 0.473. The Morgan fingerprint density at radius 3 is 2.90 bits per heavy atom. The van der Waals surface area contributed by atoms with E-state index in [1.165, 1.54) is 0 Å². The highest BCUT2D eigenvalue weighted by Crippen LogP contribution is 2.31. The molecule has 3 rings (SSSR count). The molecule has 2 aromatic carbocycles. The van der Waals surface area contributed by atoms with Crippen LogP contribution < -0.4 is 9.47 Å². The number of fused-ring (bicyclic) bond motifs is 1. The van der Waals surface area contributed by atoms with Crippen molar-refractivity contribution in [2.75, 3.05) is 7.11 Å². The zero-order chi connectivity index (χ0) is 14.8. The quantitative estimate of drug-likeness (QED) is 0.920. The first-order valence-corrected chi connectivity index (χ1v) is 7.71. The Balaban J connectivity index is 1.73. The summed E-state index contributed by atoms with van der Waals surface area (Å²) >= 11 is 3.45. The maximum absolute atomic E-state index is 10.5. The summed E-state index contributed by atoms with van der Waals surface area (Å²) in [6.45, 7) is 0. The minimum Gasteiger partial charge on any atom is -0.496 e. The fourth-order valence-electron chi connectivity index (χ4n) is 2.69. The number of aliphatic hydroxyl groups is 1. The molecule has 1 aliphatic rings. The van der Waals surface area contributed by atoms with Gasteiger partial charge >= 0.3 is 0 Å². The van der Waals surface area contributed by atoms with E-state index in [1.54, 1.807) is 7.11 Å². The summed E-state index contributed by atoms with van der Waals surface area (Å²) in [5.74, 6) is 1.66. The zero-order valence-electron chi connectivity index (χ0n) is 11.8. The lowest BCUT2D eigenvalue weighted by Crippen LogP contribution is -2.32. The molecule has 0 radical (unpaired) electrons. The molecule has 2 aromatic rings. The van der Waals surface area contributed by atoms with Crippen LogP contribution in [-0.2, 0) is 12.8 Å². The molecule has 0 fully saturated rings. The molecule has 0 aromatic heterocycles. The monoisotopic (exact) mass is 348 g/mol. The summed E-state index contributed by atoms with van der Waals surface area (Å²) < 4.78 is 12.2. The Bertz CT molecular complexity index is 617. The Hall–Kier alpha value is -1.52. The molecule has 0 saturated carbocycles. The number of para-hydroxylation sites is 1. The fraction of sp³-hybridized carbons (Fsp3) is 0.294. The van der Waals surface area contributed by atoms with E-state index in [9.17, 15) is 5.11 Å². The van der Waals surface area contributed by atoms with Crippen LogP contribution in [0.1, 0.15) is 11.1 Å². The van der Waals surface area contributed by atoms with Gasteiger partial charge in [-0.2, -0.15) is 0 Å². The highest BCUT2D eigenvalue weighted by molar-refractivity contribution is 9.10. The van der Waals surface area contributed by atoms with E-state index >= 15 is 0 Å². The van der Waals surface area contributed by atoms with Crippen molar-refractivity contribution in [3.63, 3.8) is 0 Å². The van der Waals surface area contributed by atoms with Gasteiger partial charge in [-0.1, -0.05) is 34.1 Å². The molecule has 0 saturated heterocycles. The zero-order valence-corrected chi connectivity index (χ0v) is 13.3. The highest BCUT2D eigenvalue weighted by atomic mass is 79.9. The second kappa shape index (κ2) is 6.08. The van der Waals surface area contributed by atoms with Crippen LogP contribution in [0, 0.1) is 0 Å². The smallest absolute Gasteiger partial charge is 0.129 e. The van der Waals surface area contributed by atoms with Gasteiger partial charge in [-0.15, -0.1) is 0 Å². The molecule has 2 unspecified atom stereocenters. The van der Waals surface area contributed by atoms with Crippen molar-refractivity contribution in [3.8, 4) is 11.5 Å². The summed E-state index contributed by atoms with van der Waals surface area (Å²) in [5.41, 5.74) is 2.13. The van der Waals surface area contributed by atoms with Gasteiger partial charge in [0.2, 0.25) is 0 Å². The average Bonchev–Trinajstić information content (AvgIpc) is 2.91. The summed E-state index contributed by atoms with van der Waals surface area (Å²) in [4.78, 5) is 0. The molecule has 0 bridgehead atoms. The third-order valence-electron chi connectivity index (χ3n) is 3.77. The molecule has 4 heteroatoms. The summed E-state index contributed by atoms with van der Waals surface area (Å²) in [7, 11) is 1.64. The molecule has 0 spiro atoms. The Kier molecular flexibility index (Phi) is 4.17. The van der Waals surface area contributed by atoms with Crippen LogP contribution in [0.25, 0.3) is 0 Å². The van der Waals surface area contributed by atoms with Gasteiger partial charge in [0.1, 0.15) is 17.6 Å². The van der Waals surface area contributed by atoms with Crippen molar-refractivity contribution >= 4 is 15.9 Å². The molecule has 21 heavy (non-hydrogen) atoms. The van der Waals surface area contributed by atoms with Crippen LogP contribution in [-0.4, -0.2) is 24.4 Å². The molecule has 2 atom stereocenters. The molecule has 1 N–H and O–H groups in total. The number of hydrogen-bond acceptors (Lipinski definition) is 3. The van der Waals surface area contributed by atoms with Crippen molar-refractivity contribution < 1.29 is 14.6 Å². The Morgan fingerprint density at radius 2 is 2.14 bits per heavy atom. The molecular weight excluding hydrogens is 332 g/mol. The maximum atomic E-state index is 10.5. The van der Waals surface area contributed by atoms with Gasteiger partial charge in [-0.05, 0) is 35.4 Å². The van der Waals surface area contributed by atoms with Gasteiger partial charge in [-0.25, -0.2) is 0 Å². The van der Waals surface area contributed by atoms with E-state index in [2.05, 4.69) is 15.9 Å². The molecule has 0 amide bonds. The van der Waals surface area contributed by atoms with Crippen molar-refractivity contribution in [1.29, 1.82) is 0 Å². The summed E-state index contributed by atoms with van der Waals surface area (Å²) in [6, 6.07) is 13.7. The molecule has 1 aliphatic heterocycles. The predicted molar refractivity (Wildman–Crippen MR) is 85.0 cm³/mol. The molecule has 3 nitrogen and oxygen atoms in total. The number of methoxy groups -OCH3 is 1. The normalized spacial score (nSPS) is 18.0. The third kappa shape index (κ3) is 3.06. The Morgan fingerprint density at radius 1 is 1.33 bits per heavy atom. The van der Waals surface area contributed by atoms with Gasteiger partial charge in [0.25, 0.3) is 0 Å². The van der Waals surface area contributed by atoms with Crippen LogP contribution in [0.3, 0.4) is 0 Å². The van der Waals surface area contributed by atoms with Crippen LogP contribution >= 0.6 is 15.9 Å². The largest absolute Gasteiger partial charge is 0.496 e. The SMILES string of the molecule is COc1ccc(Br)cc1CC(O)C1Cc2ccccc2O1. The van der Waals surface area contributed by atoms with Crippen molar-refractivity contribution in [1.82, 2.24) is 0 Å². The van der Waals surface area contributed by atoms with Crippen LogP contribution in [0.15, 0.2) is 46.9 Å². The minimum absolute atomic E-state index is 0.203. The van der Waals surface area contributed by atoms with Gasteiger partial charge in [0.05, 0.1) is 13.2 Å². The lowest BCUT2D eigenvalue weighted by Gasteiger charge is -2.19.